The average Bonchev–Trinajstić information content (AvgIpc) is 3.30. The van der Waals surface area contributed by atoms with Crippen LogP contribution in [0.4, 0.5) is 0 Å². The number of benzene rings is 1. The van der Waals surface area contributed by atoms with Gasteiger partial charge in [0.05, 0.1) is 10.2 Å². The summed E-state index contributed by atoms with van der Waals surface area (Å²) in [4.78, 5) is 45.3. The molecule has 0 fully saturated rings. The summed E-state index contributed by atoms with van der Waals surface area (Å²) in [5, 5.41) is 15.0. The number of carbonyl (C=O) groups excluding carboxylic acids is 2. The van der Waals surface area contributed by atoms with E-state index in [1.165, 1.54) is 35.4 Å². The molecule has 184 valence electrons. The molecule has 1 unspecified atom stereocenters. The van der Waals surface area contributed by atoms with E-state index in [1.54, 1.807) is 6.07 Å². The number of thiazole rings is 1. The highest BCUT2D eigenvalue weighted by Gasteiger charge is 2.22. The van der Waals surface area contributed by atoms with Crippen molar-refractivity contribution < 1.29 is 19.5 Å². The van der Waals surface area contributed by atoms with Crippen molar-refractivity contribution in [3.63, 3.8) is 0 Å². The number of carboxylic acid groups (broad SMARTS) is 1. The molecular formula is C26H30N4O4S. The van der Waals surface area contributed by atoms with Gasteiger partial charge in [-0.1, -0.05) is 18.2 Å². The Balaban J connectivity index is 1.16. The van der Waals surface area contributed by atoms with E-state index in [9.17, 15) is 19.5 Å². The van der Waals surface area contributed by atoms with Crippen molar-refractivity contribution >= 4 is 39.3 Å². The molecule has 8 nitrogen and oxygen atoms in total. The largest absolute Gasteiger partial charge is 0.480 e. The number of rotatable bonds is 11. The number of aryl methyl sites for hydroxylation is 3. The van der Waals surface area contributed by atoms with E-state index in [0.29, 0.717) is 11.9 Å². The van der Waals surface area contributed by atoms with Gasteiger partial charge in [0.15, 0.2) is 5.01 Å². The van der Waals surface area contributed by atoms with E-state index in [4.69, 9.17) is 4.98 Å². The van der Waals surface area contributed by atoms with Gasteiger partial charge in [0.2, 0.25) is 5.91 Å². The van der Waals surface area contributed by atoms with Crippen molar-refractivity contribution in [2.24, 2.45) is 0 Å². The number of fused-ring (bicyclic) bond motifs is 2. The Morgan fingerprint density at radius 1 is 1.03 bits per heavy atom. The molecule has 0 aliphatic heterocycles. The molecule has 3 aromatic rings. The number of hydrogen-bond acceptors (Lipinski definition) is 6. The first-order chi connectivity index (χ1) is 17.0. The molecule has 1 aliphatic rings. The topological polar surface area (TPSA) is 121 Å². The fourth-order valence-corrected chi connectivity index (χ4v) is 5.12. The predicted molar refractivity (Wildman–Crippen MR) is 135 cm³/mol. The smallest absolute Gasteiger partial charge is 0.326 e. The number of para-hydroxylation sites is 1. The van der Waals surface area contributed by atoms with Gasteiger partial charge in [0, 0.05) is 24.4 Å². The lowest BCUT2D eigenvalue weighted by atomic mass is 9.95. The van der Waals surface area contributed by atoms with Gasteiger partial charge >= 0.3 is 5.97 Å². The second-order valence-corrected chi connectivity index (χ2v) is 9.84. The Hall–Kier alpha value is -3.33. The highest BCUT2D eigenvalue weighted by Crippen LogP contribution is 2.22. The van der Waals surface area contributed by atoms with Gasteiger partial charge in [-0.2, -0.15) is 0 Å². The SMILES string of the molecule is O=C(CCCCc1ccc2c(n1)CCCC2)NCCC(NC(=O)c1nc2ccccc2s1)C(=O)O. The zero-order valence-corrected chi connectivity index (χ0v) is 20.4. The van der Waals surface area contributed by atoms with Crippen LogP contribution in [0.15, 0.2) is 36.4 Å². The third-order valence-corrected chi connectivity index (χ3v) is 7.20. The van der Waals surface area contributed by atoms with Crippen LogP contribution in [0.5, 0.6) is 0 Å². The van der Waals surface area contributed by atoms with Gasteiger partial charge in [-0.05, 0) is 75.1 Å². The number of pyridine rings is 1. The summed E-state index contributed by atoms with van der Waals surface area (Å²) in [7, 11) is 0. The third kappa shape index (κ3) is 6.85. The molecule has 9 heteroatoms. The molecule has 0 spiro atoms. The van der Waals surface area contributed by atoms with Crippen LogP contribution >= 0.6 is 11.3 Å². The van der Waals surface area contributed by atoms with Crippen LogP contribution in [0, 0.1) is 0 Å². The molecule has 2 aromatic heterocycles. The summed E-state index contributed by atoms with van der Waals surface area (Å²) >= 11 is 1.21. The molecule has 0 saturated heterocycles. The quantitative estimate of drug-likeness (QED) is 0.350. The second-order valence-electron chi connectivity index (χ2n) is 8.81. The molecule has 1 atom stereocenters. The minimum Gasteiger partial charge on any atom is -0.480 e. The van der Waals surface area contributed by atoms with Gasteiger partial charge in [-0.25, -0.2) is 9.78 Å². The van der Waals surface area contributed by atoms with Crippen LogP contribution in [0.3, 0.4) is 0 Å². The second kappa shape index (κ2) is 11.9. The Morgan fingerprint density at radius 3 is 2.69 bits per heavy atom. The van der Waals surface area contributed by atoms with E-state index < -0.39 is 17.9 Å². The summed E-state index contributed by atoms with van der Waals surface area (Å²) in [6.07, 6.45) is 7.55. The highest BCUT2D eigenvalue weighted by molar-refractivity contribution is 7.20. The fraction of sp³-hybridized carbons (Fsp3) is 0.423. The van der Waals surface area contributed by atoms with Crippen LogP contribution in [0.25, 0.3) is 10.2 Å². The number of aromatic nitrogens is 2. The summed E-state index contributed by atoms with van der Waals surface area (Å²) < 4.78 is 0.860. The monoisotopic (exact) mass is 494 g/mol. The zero-order valence-electron chi connectivity index (χ0n) is 19.6. The molecule has 0 saturated carbocycles. The summed E-state index contributed by atoms with van der Waals surface area (Å²) in [5.41, 5.74) is 4.38. The van der Waals surface area contributed by atoms with Gasteiger partial charge in [-0.15, -0.1) is 11.3 Å². The number of nitrogens with one attached hydrogen (secondary N) is 2. The highest BCUT2D eigenvalue weighted by atomic mass is 32.1. The van der Waals surface area contributed by atoms with Crippen molar-refractivity contribution in [3.8, 4) is 0 Å². The van der Waals surface area contributed by atoms with Crippen molar-refractivity contribution in [1.29, 1.82) is 0 Å². The average molecular weight is 495 g/mol. The maximum atomic E-state index is 12.5. The third-order valence-electron chi connectivity index (χ3n) is 6.17. The number of carboxylic acids is 1. The van der Waals surface area contributed by atoms with Gasteiger partial charge in [-0.3, -0.25) is 14.6 Å². The fourth-order valence-electron chi connectivity index (χ4n) is 4.25. The van der Waals surface area contributed by atoms with E-state index in [-0.39, 0.29) is 23.9 Å². The minimum atomic E-state index is -1.15. The lowest BCUT2D eigenvalue weighted by Gasteiger charge is -2.15. The van der Waals surface area contributed by atoms with Gasteiger partial charge in [0.25, 0.3) is 5.91 Å². The van der Waals surface area contributed by atoms with Crippen LogP contribution < -0.4 is 10.6 Å². The first-order valence-corrected chi connectivity index (χ1v) is 12.9. The molecule has 0 bridgehead atoms. The molecular weight excluding hydrogens is 464 g/mol. The molecule has 2 amide bonds. The normalized spacial score (nSPS) is 13.7. The maximum absolute atomic E-state index is 12.5. The number of nitrogens with zero attached hydrogens (tertiary/aromatic N) is 2. The Morgan fingerprint density at radius 2 is 1.86 bits per heavy atom. The van der Waals surface area contributed by atoms with Crippen LogP contribution in [-0.2, 0) is 28.9 Å². The molecule has 4 rings (SSSR count). The van der Waals surface area contributed by atoms with Crippen molar-refractivity contribution in [1.82, 2.24) is 20.6 Å². The maximum Gasteiger partial charge on any atom is 0.326 e. The first-order valence-electron chi connectivity index (χ1n) is 12.1. The molecule has 3 N–H and O–H groups in total. The molecule has 1 aliphatic carbocycles. The number of carbonyl (C=O) groups is 3. The summed E-state index contributed by atoms with van der Waals surface area (Å²) in [6, 6.07) is 10.5. The number of amides is 2. The van der Waals surface area contributed by atoms with Gasteiger partial charge < -0.3 is 15.7 Å². The van der Waals surface area contributed by atoms with E-state index in [0.717, 1.165) is 42.5 Å². The molecule has 35 heavy (non-hydrogen) atoms. The minimum absolute atomic E-state index is 0.0940. The summed E-state index contributed by atoms with van der Waals surface area (Å²) in [5.74, 6) is -1.79. The van der Waals surface area contributed by atoms with Gasteiger partial charge in [0.1, 0.15) is 6.04 Å². The lowest BCUT2D eigenvalue weighted by Crippen LogP contribution is -2.43. The first kappa shape index (κ1) is 24.8. The number of aliphatic carboxylic acids is 1. The standard InChI is InChI=1S/C26H30N4O4S/c31-23(12-6-2-8-18-14-13-17-7-1-3-9-19(17)28-18)27-16-15-21(26(33)34)29-24(32)25-30-20-10-4-5-11-22(20)35-25/h4-5,10-11,13-14,21H,1-3,6-9,12,15-16H2,(H,27,31)(H,29,32)(H,33,34). The Kier molecular flexibility index (Phi) is 8.41. The Labute approximate surface area is 208 Å². The van der Waals surface area contributed by atoms with Crippen LogP contribution in [0.1, 0.15) is 65.3 Å². The molecule has 0 radical (unpaired) electrons. The van der Waals surface area contributed by atoms with Crippen LogP contribution in [0.2, 0.25) is 0 Å². The lowest BCUT2D eigenvalue weighted by molar-refractivity contribution is -0.139. The summed E-state index contributed by atoms with van der Waals surface area (Å²) in [6.45, 7) is 0.169. The molecule has 1 aromatic carbocycles. The van der Waals surface area contributed by atoms with Crippen molar-refractivity contribution in [2.75, 3.05) is 6.54 Å². The van der Waals surface area contributed by atoms with Crippen molar-refractivity contribution in [3.05, 3.63) is 58.4 Å². The van der Waals surface area contributed by atoms with Crippen LogP contribution in [-0.4, -0.2) is 45.4 Å². The van der Waals surface area contributed by atoms with E-state index >= 15 is 0 Å². The predicted octanol–water partition coefficient (Wildman–Crippen LogP) is 3.67. The van der Waals surface area contributed by atoms with E-state index in [1.807, 2.05) is 18.2 Å². The Bertz CT molecular complexity index is 1180. The molecule has 2 heterocycles. The van der Waals surface area contributed by atoms with Crippen molar-refractivity contribution in [2.45, 2.75) is 63.8 Å². The van der Waals surface area contributed by atoms with E-state index in [2.05, 4.69) is 27.8 Å². The zero-order chi connectivity index (χ0) is 24.6. The number of hydrogen-bond donors (Lipinski definition) is 3. The number of unbranched alkanes of at least 4 members (excludes halogenated alkanes) is 1.